The fourth-order valence-electron chi connectivity index (χ4n) is 4.21. The molecule has 2 heterocycles. The SMILES string of the molecule is COc1ccc([C@H]2C(C(=O)Nc3ccccc3)=C(C)Nc3nc(-c4ccccc4)nn32)c(OC)c1. The van der Waals surface area contributed by atoms with E-state index in [9.17, 15) is 4.79 Å². The molecule has 4 aromatic rings. The maximum Gasteiger partial charge on any atom is 0.255 e. The fourth-order valence-corrected chi connectivity index (χ4v) is 4.21. The fraction of sp³-hybridized carbons (Fsp3) is 0.148. The number of allylic oxidation sites excluding steroid dienone is 1. The van der Waals surface area contributed by atoms with Crippen molar-refractivity contribution in [2.45, 2.75) is 13.0 Å². The molecule has 1 aromatic heterocycles. The topological polar surface area (TPSA) is 90.3 Å². The summed E-state index contributed by atoms with van der Waals surface area (Å²) in [5.74, 6) is 2.09. The summed E-state index contributed by atoms with van der Waals surface area (Å²) in [6.07, 6.45) is 0. The quantitative estimate of drug-likeness (QED) is 0.420. The molecule has 0 unspecified atom stereocenters. The predicted octanol–water partition coefficient (Wildman–Crippen LogP) is 4.89. The highest BCUT2D eigenvalue weighted by atomic mass is 16.5. The maximum absolute atomic E-state index is 13.6. The van der Waals surface area contributed by atoms with Crippen molar-refractivity contribution in [3.8, 4) is 22.9 Å². The van der Waals surface area contributed by atoms with Gasteiger partial charge in [0.05, 0.1) is 19.8 Å². The van der Waals surface area contributed by atoms with Gasteiger partial charge in [0.15, 0.2) is 5.82 Å². The number of fused-ring (bicyclic) bond motifs is 1. The van der Waals surface area contributed by atoms with Gasteiger partial charge in [-0.3, -0.25) is 4.79 Å². The van der Waals surface area contributed by atoms with Gasteiger partial charge in [-0.2, -0.15) is 4.98 Å². The molecule has 3 aromatic carbocycles. The van der Waals surface area contributed by atoms with Crippen LogP contribution in [0.4, 0.5) is 11.6 Å². The molecule has 0 spiro atoms. The van der Waals surface area contributed by atoms with Crippen molar-refractivity contribution in [3.05, 3.63) is 95.7 Å². The van der Waals surface area contributed by atoms with Crippen molar-refractivity contribution in [1.29, 1.82) is 0 Å². The van der Waals surface area contributed by atoms with Gasteiger partial charge < -0.3 is 20.1 Å². The number of rotatable bonds is 6. The molecular formula is C27H25N5O3. The Labute approximate surface area is 203 Å². The summed E-state index contributed by atoms with van der Waals surface area (Å²) in [7, 11) is 3.20. The van der Waals surface area contributed by atoms with Crippen LogP contribution in [0.5, 0.6) is 11.5 Å². The Morgan fingerprint density at radius 3 is 2.37 bits per heavy atom. The second kappa shape index (κ2) is 9.34. The summed E-state index contributed by atoms with van der Waals surface area (Å²) in [6.45, 7) is 1.86. The van der Waals surface area contributed by atoms with Crippen LogP contribution in [0.25, 0.3) is 11.4 Å². The van der Waals surface area contributed by atoms with Crippen molar-refractivity contribution >= 4 is 17.5 Å². The standard InChI is InChI=1S/C27H25N5O3/c1-17-23(26(33)29-19-12-8-5-9-13-19)24(21-15-14-20(34-2)16-22(21)35-3)32-27(28-17)30-25(31-32)18-10-6-4-7-11-18/h4-16,24H,1-3H3,(H,29,33)(H,28,30,31)/t24-/m0/s1. The van der Waals surface area contributed by atoms with Crippen LogP contribution < -0.4 is 20.1 Å². The van der Waals surface area contributed by atoms with Crippen LogP contribution in [0.15, 0.2) is 90.1 Å². The zero-order valence-electron chi connectivity index (χ0n) is 19.6. The number of nitrogens with zero attached hydrogens (tertiary/aromatic N) is 3. The average Bonchev–Trinajstić information content (AvgIpc) is 3.32. The molecule has 0 radical (unpaired) electrons. The second-order valence-corrected chi connectivity index (χ2v) is 8.06. The summed E-state index contributed by atoms with van der Waals surface area (Å²) in [5, 5.41) is 11.1. The van der Waals surface area contributed by atoms with Crippen LogP contribution in [-0.4, -0.2) is 34.9 Å². The molecule has 0 saturated carbocycles. The lowest BCUT2D eigenvalue weighted by atomic mass is 9.94. The van der Waals surface area contributed by atoms with Crippen molar-refractivity contribution in [1.82, 2.24) is 14.8 Å². The number of benzene rings is 3. The lowest BCUT2D eigenvalue weighted by molar-refractivity contribution is -0.113. The molecule has 35 heavy (non-hydrogen) atoms. The third kappa shape index (κ3) is 4.21. The first-order valence-electron chi connectivity index (χ1n) is 11.2. The minimum Gasteiger partial charge on any atom is -0.497 e. The molecule has 0 saturated heterocycles. The number of amides is 1. The normalized spacial score (nSPS) is 14.7. The molecule has 1 amide bonds. The zero-order chi connectivity index (χ0) is 24.4. The van der Waals surface area contributed by atoms with Gasteiger partial charge in [0.2, 0.25) is 5.95 Å². The van der Waals surface area contributed by atoms with E-state index in [0.29, 0.717) is 40.2 Å². The van der Waals surface area contributed by atoms with Crippen molar-refractivity contribution in [3.63, 3.8) is 0 Å². The van der Waals surface area contributed by atoms with Crippen LogP contribution >= 0.6 is 0 Å². The number of hydrogen-bond donors (Lipinski definition) is 2. The lowest BCUT2D eigenvalue weighted by Gasteiger charge is -2.29. The third-order valence-electron chi connectivity index (χ3n) is 5.90. The van der Waals surface area contributed by atoms with E-state index in [-0.39, 0.29) is 5.91 Å². The third-order valence-corrected chi connectivity index (χ3v) is 5.90. The molecule has 1 aliphatic rings. The van der Waals surface area contributed by atoms with Gasteiger partial charge in [0.1, 0.15) is 17.5 Å². The van der Waals surface area contributed by atoms with Crippen molar-refractivity contribution in [2.75, 3.05) is 24.9 Å². The van der Waals surface area contributed by atoms with Crippen LogP contribution in [0.1, 0.15) is 18.5 Å². The van der Waals surface area contributed by atoms with Gasteiger partial charge in [0, 0.05) is 28.6 Å². The molecule has 8 heteroatoms. The number of anilines is 2. The molecule has 2 N–H and O–H groups in total. The summed E-state index contributed by atoms with van der Waals surface area (Å²) in [4.78, 5) is 18.4. The Morgan fingerprint density at radius 1 is 0.971 bits per heavy atom. The van der Waals surface area contributed by atoms with E-state index in [1.165, 1.54) is 0 Å². The molecule has 8 nitrogen and oxygen atoms in total. The predicted molar refractivity (Wildman–Crippen MR) is 135 cm³/mol. The van der Waals surface area contributed by atoms with Crippen LogP contribution in [-0.2, 0) is 4.79 Å². The number of nitrogens with one attached hydrogen (secondary N) is 2. The summed E-state index contributed by atoms with van der Waals surface area (Å²) < 4.78 is 12.8. The Kier molecular flexibility index (Phi) is 5.93. The number of hydrogen-bond acceptors (Lipinski definition) is 6. The van der Waals surface area contributed by atoms with Crippen LogP contribution in [0.3, 0.4) is 0 Å². The van der Waals surface area contributed by atoms with Gasteiger partial charge in [-0.15, -0.1) is 5.10 Å². The Balaban J connectivity index is 1.65. The monoisotopic (exact) mass is 467 g/mol. The molecule has 0 fully saturated rings. The minimum absolute atomic E-state index is 0.244. The molecule has 1 aliphatic heterocycles. The number of aromatic nitrogens is 3. The van der Waals surface area contributed by atoms with E-state index in [2.05, 4.69) is 10.6 Å². The molecule has 5 rings (SSSR count). The number of carbonyl (C=O) groups is 1. The van der Waals surface area contributed by atoms with Gasteiger partial charge in [0.25, 0.3) is 5.91 Å². The minimum atomic E-state index is -0.583. The van der Waals surface area contributed by atoms with Crippen LogP contribution in [0.2, 0.25) is 0 Å². The highest BCUT2D eigenvalue weighted by molar-refractivity contribution is 6.06. The van der Waals surface area contributed by atoms with Gasteiger partial charge >= 0.3 is 0 Å². The highest BCUT2D eigenvalue weighted by Crippen LogP contribution is 2.41. The molecular weight excluding hydrogens is 442 g/mol. The molecule has 0 bridgehead atoms. The number of methoxy groups -OCH3 is 2. The second-order valence-electron chi connectivity index (χ2n) is 8.06. The van der Waals surface area contributed by atoms with Crippen LogP contribution in [0, 0.1) is 0 Å². The van der Waals surface area contributed by atoms with E-state index in [1.807, 2.05) is 79.7 Å². The number of ether oxygens (including phenoxy) is 2. The molecule has 0 aliphatic carbocycles. The first-order chi connectivity index (χ1) is 17.1. The Bertz CT molecular complexity index is 1400. The first kappa shape index (κ1) is 22.2. The van der Waals surface area contributed by atoms with Crippen molar-refractivity contribution in [2.24, 2.45) is 0 Å². The summed E-state index contributed by atoms with van der Waals surface area (Å²) in [6, 6.07) is 24.0. The van der Waals surface area contributed by atoms with E-state index in [4.69, 9.17) is 19.6 Å². The smallest absolute Gasteiger partial charge is 0.255 e. The average molecular weight is 468 g/mol. The largest absolute Gasteiger partial charge is 0.497 e. The van der Waals surface area contributed by atoms with E-state index in [1.54, 1.807) is 25.0 Å². The Morgan fingerprint density at radius 2 is 1.69 bits per heavy atom. The summed E-state index contributed by atoms with van der Waals surface area (Å²) >= 11 is 0. The maximum atomic E-state index is 13.6. The van der Waals surface area contributed by atoms with Gasteiger partial charge in [-0.25, -0.2) is 4.68 Å². The summed E-state index contributed by atoms with van der Waals surface area (Å²) in [5.41, 5.74) is 3.53. The number of carbonyl (C=O) groups excluding carboxylic acids is 1. The van der Waals surface area contributed by atoms with E-state index >= 15 is 0 Å². The van der Waals surface area contributed by atoms with E-state index < -0.39 is 6.04 Å². The first-order valence-corrected chi connectivity index (χ1v) is 11.2. The van der Waals surface area contributed by atoms with Gasteiger partial charge in [-0.05, 0) is 31.2 Å². The lowest BCUT2D eigenvalue weighted by Crippen LogP contribution is -2.31. The van der Waals surface area contributed by atoms with E-state index in [0.717, 1.165) is 11.1 Å². The molecule has 1 atom stereocenters. The molecule has 176 valence electrons. The Hall–Kier alpha value is -4.59. The van der Waals surface area contributed by atoms with Gasteiger partial charge in [-0.1, -0.05) is 48.5 Å². The number of para-hydroxylation sites is 1. The highest BCUT2D eigenvalue weighted by Gasteiger charge is 2.36. The zero-order valence-corrected chi connectivity index (χ0v) is 19.6. The van der Waals surface area contributed by atoms with Crippen molar-refractivity contribution < 1.29 is 14.3 Å².